The van der Waals surface area contributed by atoms with Crippen molar-refractivity contribution >= 4 is 11.0 Å². The van der Waals surface area contributed by atoms with E-state index < -0.39 is 59.5 Å². The van der Waals surface area contributed by atoms with Crippen LogP contribution in [0.25, 0.3) is 11.0 Å². The quantitative estimate of drug-likeness (QED) is 0.231. The van der Waals surface area contributed by atoms with Gasteiger partial charge in [0, 0.05) is 11.5 Å². The zero-order valence-electron chi connectivity index (χ0n) is 12.6. The van der Waals surface area contributed by atoms with Crippen molar-refractivity contribution in [2.24, 2.45) is 0 Å². The summed E-state index contributed by atoms with van der Waals surface area (Å²) in [5, 5.41) is 68.6. The van der Waals surface area contributed by atoms with E-state index in [0.717, 1.165) is 18.2 Å². The van der Waals surface area contributed by atoms with Crippen LogP contribution < -0.4 is 5.63 Å². The molecule has 136 valence electrons. The fourth-order valence-corrected chi connectivity index (χ4v) is 2.77. The summed E-state index contributed by atoms with van der Waals surface area (Å²) in [5.41, 5.74) is -1.89. The lowest BCUT2D eigenvalue weighted by Gasteiger charge is -2.44. The standard InChI is InChI=1S/C15H16O10/c16-4-10-11(19)12(20)13(21)15(23,25-10)6-1-5-2-7(17)8(18)3-9(5)24-14(6)22/h1-3,10-13,16-21,23H,4H2/t10-,11-,12+,13-,15?/m1/s1. The Morgan fingerprint density at radius 3 is 2.32 bits per heavy atom. The summed E-state index contributed by atoms with van der Waals surface area (Å²) in [6.07, 6.45) is -7.23. The monoisotopic (exact) mass is 356 g/mol. The van der Waals surface area contributed by atoms with E-state index in [0.29, 0.717) is 0 Å². The normalized spacial score (nSPS) is 32.8. The zero-order chi connectivity index (χ0) is 18.5. The summed E-state index contributed by atoms with van der Waals surface area (Å²) < 4.78 is 10.0. The first-order valence-electron chi connectivity index (χ1n) is 7.24. The molecule has 1 aliphatic rings. The highest BCUT2D eigenvalue weighted by atomic mass is 16.7. The van der Waals surface area contributed by atoms with Crippen LogP contribution in [-0.2, 0) is 10.5 Å². The van der Waals surface area contributed by atoms with Crippen LogP contribution in [0.4, 0.5) is 0 Å². The van der Waals surface area contributed by atoms with Gasteiger partial charge in [0.05, 0.1) is 12.2 Å². The average Bonchev–Trinajstić information content (AvgIpc) is 2.57. The number of rotatable bonds is 2. The van der Waals surface area contributed by atoms with Gasteiger partial charge >= 0.3 is 5.63 Å². The fraction of sp³-hybridized carbons (Fsp3) is 0.400. The number of aliphatic hydroxyl groups excluding tert-OH is 4. The molecule has 7 N–H and O–H groups in total. The van der Waals surface area contributed by atoms with E-state index in [1.54, 1.807) is 0 Å². The maximum absolute atomic E-state index is 12.2. The largest absolute Gasteiger partial charge is 0.504 e. The Hall–Kier alpha value is -2.21. The Kier molecular flexibility index (Phi) is 4.19. The summed E-state index contributed by atoms with van der Waals surface area (Å²) >= 11 is 0. The molecular formula is C15H16O10. The number of aliphatic hydroxyl groups is 5. The van der Waals surface area contributed by atoms with Gasteiger partial charge in [-0.25, -0.2) is 4.79 Å². The van der Waals surface area contributed by atoms with Crippen molar-refractivity contribution in [1.29, 1.82) is 0 Å². The molecular weight excluding hydrogens is 340 g/mol. The SMILES string of the molecule is O=c1oc2cc(O)c(O)cc2cc1C1(O)O[C@H](CO)[C@@H](O)[C@H](O)[C@H]1O. The van der Waals surface area contributed by atoms with Gasteiger partial charge < -0.3 is 44.9 Å². The molecule has 10 heteroatoms. The Morgan fingerprint density at radius 2 is 1.68 bits per heavy atom. The van der Waals surface area contributed by atoms with Crippen molar-refractivity contribution < 1.29 is 44.9 Å². The Morgan fingerprint density at radius 1 is 1.04 bits per heavy atom. The van der Waals surface area contributed by atoms with E-state index >= 15 is 0 Å². The highest BCUT2D eigenvalue weighted by molar-refractivity contribution is 5.81. The van der Waals surface area contributed by atoms with Crippen LogP contribution in [0.2, 0.25) is 0 Å². The van der Waals surface area contributed by atoms with Crippen LogP contribution in [-0.4, -0.2) is 66.8 Å². The number of benzene rings is 1. The molecule has 2 heterocycles. The van der Waals surface area contributed by atoms with Crippen LogP contribution in [0.1, 0.15) is 5.56 Å². The summed E-state index contributed by atoms with van der Waals surface area (Å²) in [6.45, 7) is -0.805. The number of hydrogen-bond acceptors (Lipinski definition) is 10. The summed E-state index contributed by atoms with van der Waals surface area (Å²) in [5.74, 6) is -3.84. The lowest BCUT2D eigenvalue weighted by Crippen LogP contribution is -2.64. The topological polar surface area (TPSA) is 181 Å². The molecule has 0 aliphatic carbocycles. The van der Waals surface area contributed by atoms with Crippen molar-refractivity contribution in [2.45, 2.75) is 30.2 Å². The first kappa shape index (κ1) is 17.6. The van der Waals surface area contributed by atoms with Crippen molar-refractivity contribution in [2.75, 3.05) is 6.61 Å². The smallest absolute Gasteiger partial charge is 0.345 e. The molecule has 3 rings (SSSR count). The minimum Gasteiger partial charge on any atom is -0.504 e. The molecule has 10 nitrogen and oxygen atoms in total. The van der Waals surface area contributed by atoms with Crippen molar-refractivity contribution in [3.8, 4) is 11.5 Å². The highest BCUT2D eigenvalue weighted by Crippen LogP contribution is 2.37. The molecule has 1 fully saturated rings. The van der Waals surface area contributed by atoms with Gasteiger partial charge in [0.1, 0.15) is 30.0 Å². The molecule has 0 spiro atoms. The number of fused-ring (bicyclic) bond motifs is 1. The van der Waals surface area contributed by atoms with Gasteiger partial charge in [-0.3, -0.25) is 0 Å². The molecule has 1 aromatic carbocycles. The molecule has 0 bridgehead atoms. The predicted octanol–water partition coefficient (Wildman–Crippen LogP) is -2.18. The van der Waals surface area contributed by atoms with Gasteiger partial charge in [0.15, 0.2) is 11.5 Å². The van der Waals surface area contributed by atoms with Crippen molar-refractivity contribution in [1.82, 2.24) is 0 Å². The maximum Gasteiger partial charge on any atom is 0.345 e. The van der Waals surface area contributed by atoms with Crippen LogP contribution in [0, 0.1) is 0 Å². The lowest BCUT2D eigenvalue weighted by molar-refractivity contribution is -0.358. The van der Waals surface area contributed by atoms with Crippen LogP contribution in [0.15, 0.2) is 27.4 Å². The van der Waals surface area contributed by atoms with Gasteiger partial charge in [-0.2, -0.15) is 0 Å². The molecule has 1 saturated heterocycles. The molecule has 2 aromatic rings. The number of phenolic OH excluding ortho intramolecular Hbond substituents is 2. The van der Waals surface area contributed by atoms with Crippen molar-refractivity contribution in [3.05, 3.63) is 34.2 Å². The minimum atomic E-state index is -2.78. The second kappa shape index (κ2) is 5.95. The molecule has 5 atom stereocenters. The fourth-order valence-electron chi connectivity index (χ4n) is 2.77. The maximum atomic E-state index is 12.2. The second-order valence-electron chi connectivity index (χ2n) is 5.79. The average molecular weight is 356 g/mol. The molecule has 1 aromatic heterocycles. The Labute approximate surface area is 139 Å². The minimum absolute atomic E-state index is 0.0790. The number of hydrogen-bond donors (Lipinski definition) is 7. The zero-order valence-corrected chi connectivity index (χ0v) is 12.6. The van der Waals surface area contributed by atoms with Crippen LogP contribution in [0.5, 0.6) is 11.5 Å². The summed E-state index contributed by atoms with van der Waals surface area (Å²) in [4.78, 5) is 12.2. The van der Waals surface area contributed by atoms with E-state index in [1.807, 2.05) is 0 Å². The molecule has 1 aliphatic heterocycles. The first-order chi connectivity index (χ1) is 11.7. The van der Waals surface area contributed by atoms with Gasteiger partial charge in [0.2, 0.25) is 5.79 Å². The van der Waals surface area contributed by atoms with Gasteiger partial charge in [-0.15, -0.1) is 0 Å². The third-order valence-electron chi connectivity index (χ3n) is 4.18. The van der Waals surface area contributed by atoms with Gasteiger partial charge in [-0.1, -0.05) is 0 Å². The van der Waals surface area contributed by atoms with Crippen LogP contribution >= 0.6 is 0 Å². The molecule has 0 amide bonds. The highest BCUT2D eigenvalue weighted by Gasteiger charge is 2.55. The number of aromatic hydroxyl groups is 2. The number of phenols is 2. The third kappa shape index (κ3) is 2.65. The predicted molar refractivity (Wildman–Crippen MR) is 79.7 cm³/mol. The Balaban J connectivity index is 2.18. The van der Waals surface area contributed by atoms with E-state index in [1.165, 1.54) is 0 Å². The molecule has 0 radical (unpaired) electrons. The van der Waals surface area contributed by atoms with E-state index in [9.17, 15) is 40.5 Å². The molecule has 25 heavy (non-hydrogen) atoms. The van der Waals surface area contributed by atoms with E-state index in [-0.39, 0.29) is 11.0 Å². The molecule has 1 unspecified atom stereocenters. The van der Waals surface area contributed by atoms with Crippen molar-refractivity contribution in [3.63, 3.8) is 0 Å². The summed E-state index contributed by atoms with van der Waals surface area (Å²) in [6, 6.07) is 3.06. The first-order valence-corrected chi connectivity index (χ1v) is 7.24. The third-order valence-corrected chi connectivity index (χ3v) is 4.18. The number of ether oxygens (including phenoxy) is 1. The second-order valence-corrected chi connectivity index (χ2v) is 5.79. The lowest BCUT2D eigenvalue weighted by atomic mass is 9.88. The molecule has 0 saturated carbocycles. The van der Waals surface area contributed by atoms with E-state index in [4.69, 9.17) is 9.15 Å². The van der Waals surface area contributed by atoms with E-state index in [2.05, 4.69) is 0 Å². The van der Waals surface area contributed by atoms with Gasteiger partial charge in [-0.05, 0) is 12.1 Å². The Bertz CT molecular complexity index is 859. The van der Waals surface area contributed by atoms with Crippen LogP contribution in [0.3, 0.4) is 0 Å². The van der Waals surface area contributed by atoms with Gasteiger partial charge in [0.25, 0.3) is 0 Å². The summed E-state index contributed by atoms with van der Waals surface area (Å²) in [7, 11) is 0.